The number of likely N-dealkylation sites (tertiary alicyclic amines) is 1. The monoisotopic (exact) mass is 287 g/mol. The minimum absolute atomic E-state index is 0.0362. The zero-order chi connectivity index (χ0) is 14.8. The molecule has 1 N–H and O–H groups in total. The van der Waals surface area contributed by atoms with Crippen LogP contribution < -0.4 is 0 Å². The van der Waals surface area contributed by atoms with E-state index in [4.69, 9.17) is 0 Å². The van der Waals surface area contributed by atoms with Crippen molar-refractivity contribution in [2.24, 2.45) is 5.92 Å². The van der Waals surface area contributed by atoms with E-state index in [0.29, 0.717) is 25.9 Å². The highest BCUT2D eigenvalue weighted by molar-refractivity contribution is 5.18. The van der Waals surface area contributed by atoms with E-state index in [1.54, 1.807) is 0 Å². The third-order valence-electron chi connectivity index (χ3n) is 4.18. The second-order valence-corrected chi connectivity index (χ2v) is 5.45. The zero-order valence-electron chi connectivity index (χ0n) is 11.5. The zero-order valence-corrected chi connectivity index (χ0v) is 11.5. The van der Waals surface area contributed by atoms with E-state index in [-0.39, 0.29) is 5.92 Å². The normalized spacial score (nSPS) is 21.6. The second-order valence-electron chi connectivity index (χ2n) is 5.45. The Morgan fingerprint density at radius 2 is 1.70 bits per heavy atom. The highest BCUT2D eigenvalue weighted by Gasteiger charge is 2.41. The van der Waals surface area contributed by atoms with Crippen LogP contribution in [0.5, 0.6) is 0 Å². The number of halogens is 3. The molecule has 0 spiro atoms. The van der Waals surface area contributed by atoms with E-state index < -0.39 is 18.3 Å². The smallest absolute Gasteiger partial charge is 0.388 e. The number of benzene rings is 1. The van der Waals surface area contributed by atoms with Crippen molar-refractivity contribution in [1.82, 2.24) is 4.90 Å². The number of piperidine rings is 1. The molecule has 0 radical (unpaired) electrons. The number of rotatable bonds is 3. The fourth-order valence-electron chi connectivity index (χ4n) is 2.75. The van der Waals surface area contributed by atoms with Crippen molar-refractivity contribution < 1.29 is 18.3 Å². The van der Waals surface area contributed by atoms with Gasteiger partial charge in [-0.2, -0.15) is 13.2 Å². The summed E-state index contributed by atoms with van der Waals surface area (Å²) < 4.78 is 38.0. The summed E-state index contributed by atoms with van der Waals surface area (Å²) in [7, 11) is 0. The van der Waals surface area contributed by atoms with Gasteiger partial charge in [-0.05, 0) is 44.3 Å². The third-order valence-corrected chi connectivity index (χ3v) is 4.18. The summed E-state index contributed by atoms with van der Waals surface area (Å²) >= 11 is 0. The van der Waals surface area contributed by atoms with Crippen LogP contribution in [0.1, 0.15) is 31.4 Å². The number of alkyl halides is 3. The number of hydrogen-bond donors (Lipinski definition) is 1. The van der Waals surface area contributed by atoms with Crippen molar-refractivity contribution in [2.45, 2.75) is 38.1 Å². The van der Waals surface area contributed by atoms with Gasteiger partial charge in [-0.1, -0.05) is 30.3 Å². The van der Waals surface area contributed by atoms with Gasteiger partial charge in [0.15, 0.2) is 0 Å². The van der Waals surface area contributed by atoms with Crippen LogP contribution in [-0.4, -0.2) is 35.3 Å². The average Bonchev–Trinajstić information content (AvgIpc) is 2.46. The first-order valence-electron chi connectivity index (χ1n) is 6.93. The largest absolute Gasteiger partial charge is 0.403 e. The summed E-state index contributed by atoms with van der Waals surface area (Å²) in [4.78, 5) is 1.45. The van der Waals surface area contributed by atoms with Crippen LogP contribution in [0.3, 0.4) is 0 Å². The molecule has 0 amide bonds. The van der Waals surface area contributed by atoms with Gasteiger partial charge in [-0.15, -0.1) is 0 Å². The van der Waals surface area contributed by atoms with Gasteiger partial charge in [-0.3, -0.25) is 4.90 Å². The van der Waals surface area contributed by atoms with Crippen molar-refractivity contribution in [1.29, 1.82) is 0 Å². The van der Waals surface area contributed by atoms with Crippen molar-refractivity contribution in [3.05, 3.63) is 35.9 Å². The summed E-state index contributed by atoms with van der Waals surface area (Å²) in [5.41, 5.74) is 0.842. The molecular formula is C15H20F3NO. The fourth-order valence-corrected chi connectivity index (χ4v) is 2.75. The number of nitrogens with zero attached hydrogens (tertiary/aromatic N) is 1. The molecule has 2 unspecified atom stereocenters. The lowest BCUT2D eigenvalue weighted by Gasteiger charge is -2.38. The van der Waals surface area contributed by atoms with Gasteiger partial charge in [0.25, 0.3) is 0 Å². The first kappa shape index (κ1) is 15.3. The molecule has 0 saturated carbocycles. The highest BCUT2D eigenvalue weighted by Crippen LogP contribution is 2.33. The van der Waals surface area contributed by atoms with Crippen LogP contribution in [0.4, 0.5) is 13.2 Å². The van der Waals surface area contributed by atoms with Gasteiger partial charge < -0.3 is 5.11 Å². The van der Waals surface area contributed by atoms with E-state index in [1.807, 2.05) is 30.3 Å². The molecule has 112 valence electrons. The maximum Gasteiger partial charge on any atom is 0.403 e. The molecule has 1 fully saturated rings. The van der Waals surface area contributed by atoms with Crippen LogP contribution in [0.2, 0.25) is 0 Å². The lowest BCUT2D eigenvalue weighted by molar-refractivity contribution is -0.182. The minimum atomic E-state index is -4.18. The molecule has 1 heterocycles. The van der Waals surface area contributed by atoms with Crippen LogP contribution in [0.25, 0.3) is 0 Å². The van der Waals surface area contributed by atoms with Gasteiger partial charge in [0.2, 0.25) is 0 Å². The number of aliphatic hydroxyl groups is 1. The number of aliphatic hydroxyl groups excluding tert-OH is 1. The molecule has 1 saturated heterocycles. The Hall–Kier alpha value is -1.07. The van der Waals surface area contributed by atoms with Crippen LogP contribution >= 0.6 is 0 Å². The van der Waals surface area contributed by atoms with Crippen molar-refractivity contribution >= 4 is 0 Å². The van der Waals surface area contributed by atoms with Crippen molar-refractivity contribution in [2.75, 3.05) is 13.1 Å². The molecule has 2 atom stereocenters. The second kappa shape index (κ2) is 6.14. The van der Waals surface area contributed by atoms with Gasteiger partial charge in [0.05, 0.1) is 6.10 Å². The summed E-state index contributed by atoms with van der Waals surface area (Å²) in [6, 6.07) is 7.91. The summed E-state index contributed by atoms with van der Waals surface area (Å²) in [5.74, 6) is 0.0362. The molecule has 2 rings (SSSR count). The molecule has 2 nitrogen and oxygen atoms in total. The van der Waals surface area contributed by atoms with Crippen LogP contribution in [0.15, 0.2) is 30.3 Å². The number of hydrogen-bond acceptors (Lipinski definition) is 2. The molecule has 1 aliphatic heterocycles. The third kappa shape index (κ3) is 3.52. The Morgan fingerprint density at radius 1 is 1.15 bits per heavy atom. The molecule has 0 aromatic heterocycles. The molecule has 20 heavy (non-hydrogen) atoms. The first-order chi connectivity index (χ1) is 9.39. The van der Waals surface area contributed by atoms with Crippen LogP contribution in [-0.2, 0) is 0 Å². The van der Waals surface area contributed by atoms with Gasteiger partial charge in [0, 0.05) is 0 Å². The van der Waals surface area contributed by atoms with Crippen molar-refractivity contribution in [3.8, 4) is 0 Å². The Bertz CT molecular complexity index is 413. The maximum absolute atomic E-state index is 12.7. The Kier molecular flexibility index (Phi) is 4.70. The van der Waals surface area contributed by atoms with E-state index in [1.165, 1.54) is 11.8 Å². The lowest BCUT2D eigenvalue weighted by Crippen LogP contribution is -2.47. The molecule has 1 aliphatic rings. The Balaban J connectivity index is 1.92. The molecule has 0 aliphatic carbocycles. The Labute approximate surface area is 117 Å². The van der Waals surface area contributed by atoms with E-state index in [0.717, 1.165) is 5.56 Å². The fraction of sp³-hybridized carbons (Fsp3) is 0.600. The Morgan fingerprint density at radius 3 is 2.20 bits per heavy atom. The van der Waals surface area contributed by atoms with Gasteiger partial charge >= 0.3 is 6.18 Å². The molecule has 1 aromatic carbocycles. The predicted octanol–water partition coefficient (Wildman–Crippen LogP) is 3.38. The van der Waals surface area contributed by atoms with Crippen LogP contribution in [0, 0.1) is 5.92 Å². The quantitative estimate of drug-likeness (QED) is 0.921. The average molecular weight is 287 g/mol. The van der Waals surface area contributed by atoms with Gasteiger partial charge in [0.1, 0.15) is 6.04 Å². The molecule has 1 aromatic rings. The SMILES string of the molecule is CC(N1CCC(C(O)c2ccccc2)CC1)C(F)(F)F. The van der Waals surface area contributed by atoms with E-state index >= 15 is 0 Å². The first-order valence-corrected chi connectivity index (χ1v) is 6.93. The van der Waals surface area contributed by atoms with E-state index in [9.17, 15) is 18.3 Å². The summed E-state index contributed by atoms with van der Waals surface area (Å²) in [6.07, 6.45) is -3.57. The molecule has 0 bridgehead atoms. The topological polar surface area (TPSA) is 23.5 Å². The molecular weight excluding hydrogens is 267 g/mol. The highest BCUT2D eigenvalue weighted by atomic mass is 19.4. The molecule has 5 heteroatoms. The van der Waals surface area contributed by atoms with Crippen molar-refractivity contribution in [3.63, 3.8) is 0 Å². The maximum atomic E-state index is 12.7. The summed E-state index contributed by atoms with van der Waals surface area (Å²) in [5, 5.41) is 10.3. The van der Waals surface area contributed by atoms with Gasteiger partial charge in [-0.25, -0.2) is 0 Å². The van der Waals surface area contributed by atoms with E-state index in [2.05, 4.69) is 0 Å². The standard InChI is InChI=1S/C15H20F3NO/c1-11(15(16,17)18)19-9-7-13(8-10-19)14(20)12-5-3-2-4-6-12/h2-6,11,13-14,20H,7-10H2,1H3. The lowest BCUT2D eigenvalue weighted by atomic mass is 9.87. The summed E-state index contributed by atoms with van der Waals surface area (Å²) in [6.45, 7) is 1.97. The minimum Gasteiger partial charge on any atom is -0.388 e. The predicted molar refractivity (Wildman–Crippen MR) is 71.2 cm³/mol.